The molecule has 1 aromatic rings. The maximum Gasteiger partial charge on any atom is 0.255 e. The molecule has 22 heavy (non-hydrogen) atoms. The van der Waals surface area contributed by atoms with Gasteiger partial charge in [-0.15, -0.1) is 0 Å². The molecule has 1 aliphatic rings. The third kappa shape index (κ3) is 4.11. The van der Waals surface area contributed by atoms with Gasteiger partial charge >= 0.3 is 0 Å². The summed E-state index contributed by atoms with van der Waals surface area (Å²) in [6.45, 7) is 6.68. The Bertz CT molecular complexity index is 513. The Labute approximate surface area is 131 Å². The lowest BCUT2D eigenvalue weighted by atomic mass is 10.1. The van der Waals surface area contributed by atoms with Crippen LogP contribution >= 0.6 is 0 Å². The Hall–Kier alpha value is -1.79. The van der Waals surface area contributed by atoms with Gasteiger partial charge in [-0.1, -0.05) is 0 Å². The van der Waals surface area contributed by atoms with Crippen LogP contribution in [0.15, 0.2) is 12.1 Å². The molecule has 1 saturated heterocycles. The minimum absolute atomic E-state index is 0.150. The standard InChI is InChI=1S/C16H24N2O4/c1-12-10-15(21-3)13(11-14(12)20-2)16(19)17-4-5-18-6-8-22-9-7-18/h10-11H,4-9H2,1-3H3,(H,17,19). The Morgan fingerprint density at radius 3 is 2.55 bits per heavy atom. The Morgan fingerprint density at radius 1 is 1.23 bits per heavy atom. The molecule has 0 aromatic heterocycles. The Morgan fingerprint density at radius 2 is 1.91 bits per heavy atom. The van der Waals surface area contributed by atoms with E-state index >= 15 is 0 Å². The fourth-order valence-electron chi connectivity index (χ4n) is 2.48. The molecular weight excluding hydrogens is 284 g/mol. The molecule has 1 fully saturated rings. The van der Waals surface area contributed by atoms with E-state index in [1.54, 1.807) is 20.3 Å². The molecule has 0 aliphatic carbocycles. The predicted octanol–water partition coefficient (Wildman–Crippen LogP) is 1.07. The quantitative estimate of drug-likeness (QED) is 0.852. The summed E-state index contributed by atoms with van der Waals surface area (Å²) in [5, 5.41) is 2.93. The number of hydrogen-bond acceptors (Lipinski definition) is 5. The summed E-state index contributed by atoms with van der Waals surface area (Å²) < 4.78 is 15.9. The largest absolute Gasteiger partial charge is 0.496 e. The van der Waals surface area contributed by atoms with Gasteiger partial charge in [-0.25, -0.2) is 0 Å². The summed E-state index contributed by atoms with van der Waals surface area (Å²) in [5.41, 5.74) is 1.43. The first-order valence-electron chi connectivity index (χ1n) is 7.46. The van der Waals surface area contributed by atoms with Crippen molar-refractivity contribution in [2.75, 3.05) is 53.6 Å². The highest BCUT2D eigenvalue weighted by atomic mass is 16.5. The van der Waals surface area contributed by atoms with Crippen LogP contribution in [0.4, 0.5) is 0 Å². The van der Waals surface area contributed by atoms with Crippen molar-refractivity contribution >= 4 is 5.91 Å². The van der Waals surface area contributed by atoms with E-state index in [-0.39, 0.29) is 5.91 Å². The molecule has 6 nitrogen and oxygen atoms in total. The lowest BCUT2D eigenvalue weighted by Crippen LogP contribution is -2.41. The monoisotopic (exact) mass is 308 g/mol. The maximum atomic E-state index is 12.4. The van der Waals surface area contributed by atoms with Crippen molar-refractivity contribution in [3.05, 3.63) is 23.3 Å². The highest BCUT2D eigenvalue weighted by molar-refractivity contribution is 5.97. The zero-order valence-corrected chi connectivity index (χ0v) is 13.5. The molecule has 0 saturated carbocycles. The summed E-state index contributed by atoms with van der Waals surface area (Å²) >= 11 is 0. The fourth-order valence-corrected chi connectivity index (χ4v) is 2.48. The number of carbonyl (C=O) groups excluding carboxylic acids is 1. The number of benzene rings is 1. The number of amides is 1. The fraction of sp³-hybridized carbons (Fsp3) is 0.562. The molecule has 1 aromatic carbocycles. The van der Waals surface area contributed by atoms with Gasteiger partial charge in [0.05, 0.1) is 33.0 Å². The molecule has 2 rings (SSSR count). The molecule has 1 N–H and O–H groups in total. The van der Waals surface area contributed by atoms with E-state index in [1.165, 1.54) is 0 Å². The van der Waals surface area contributed by atoms with Gasteiger partial charge in [0.2, 0.25) is 0 Å². The van der Waals surface area contributed by atoms with Crippen LogP contribution in [-0.4, -0.2) is 64.4 Å². The molecule has 1 amide bonds. The van der Waals surface area contributed by atoms with Crippen LogP contribution in [-0.2, 0) is 4.74 Å². The van der Waals surface area contributed by atoms with Gasteiger partial charge in [0.15, 0.2) is 0 Å². The number of hydrogen-bond donors (Lipinski definition) is 1. The second-order valence-corrected chi connectivity index (χ2v) is 5.23. The first-order chi connectivity index (χ1) is 10.7. The second-order valence-electron chi connectivity index (χ2n) is 5.23. The lowest BCUT2D eigenvalue weighted by molar-refractivity contribution is 0.0383. The smallest absolute Gasteiger partial charge is 0.255 e. The van der Waals surface area contributed by atoms with Crippen molar-refractivity contribution in [3.8, 4) is 11.5 Å². The Kier molecular flexibility index (Phi) is 6.03. The van der Waals surface area contributed by atoms with Gasteiger partial charge in [-0.2, -0.15) is 0 Å². The maximum absolute atomic E-state index is 12.4. The molecule has 122 valence electrons. The molecule has 0 radical (unpaired) electrons. The summed E-state index contributed by atoms with van der Waals surface area (Å²) in [5.74, 6) is 1.09. The van der Waals surface area contributed by atoms with Crippen molar-refractivity contribution in [1.29, 1.82) is 0 Å². The van der Waals surface area contributed by atoms with Gasteiger partial charge in [0.25, 0.3) is 5.91 Å². The zero-order valence-electron chi connectivity index (χ0n) is 13.5. The molecule has 0 unspecified atom stereocenters. The van der Waals surface area contributed by atoms with Gasteiger partial charge < -0.3 is 19.5 Å². The molecular formula is C16H24N2O4. The summed E-state index contributed by atoms with van der Waals surface area (Å²) in [6, 6.07) is 3.54. The van der Waals surface area contributed by atoms with Crippen LogP contribution in [0.2, 0.25) is 0 Å². The van der Waals surface area contributed by atoms with Crippen LogP contribution in [0.1, 0.15) is 15.9 Å². The van der Waals surface area contributed by atoms with Gasteiger partial charge in [0.1, 0.15) is 11.5 Å². The first-order valence-corrected chi connectivity index (χ1v) is 7.46. The summed E-state index contributed by atoms with van der Waals surface area (Å²) in [6.07, 6.45) is 0. The second kappa shape index (κ2) is 8.00. The minimum atomic E-state index is -0.150. The van der Waals surface area contributed by atoms with Crippen LogP contribution in [0.3, 0.4) is 0 Å². The summed E-state index contributed by atoms with van der Waals surface area (Å²) in [4.78, 5) is 14.6. The highest BCUT2D eigenvalue weighted by Crippen LogP contribution is 2.28. The topological polar surface area (TPSA) is 60.0 Å². The van der Waals surface area contributed by atoms with E-state index in [9.17, 15) is 4.79 Å². The number of nitrogens with one attached hydrogen (secondary N) is 1. The number of carbonyl (C=O) groups is 1. The van der Waals surface area contributed by atoms with Crippen molar-refractivity contribution < 1.29 is 19.0 Å². The van der Waals surface area contributed by atoms with E-state index in [4.69, 9.17) is 14.2 Å². The Balaban J connectivity index is 1.96. The van der Waals surface area contributed by atoms with Gasteiger partial charge in [-0.3, -0.25) is 9.69 Å². The zero-order chi connectivity index (χ0) is 15.9. The number of morpholine rings is 1. The van der Waals surface area contributed by atoms with Crippen LogP contribution in [0.5, 0.6) is 11.5 Å². The SMILES string of the molecule is COc1cc(C(=O)NCCN2CCOCC2)c(OC)cc1C. The number of rotatable bonds is 6. The highest BCUT2D eigenvalue weighted by Gasteiger charge is 2.16. The van der Waals surface area contributed by atoms with Crippen molar-refractivity contribution in [3.63, 3.8) is 0 Å². The van der Waals surface area contributed by atoms with Gasteiger partial charge in [0, 0.05) is 26.2 Å². The molecule has 0 bridgehead atoms. The average molecular weight is 308 g/mol. The number of methoxy groups -OCH3 is 2. The van der Waals surface area contributed by atoms with Crippen LogP contribution in [0.25, 0.3) is 0 Å². The minimum Gasteiger partial charge on any atom is -0.496 e. The number of ether oxygens (including phenoxy) is 3. The van der Waals surface area contributed by atoms with Crippen LogP contribution in [0, 0.1) is 6.92 Å². The number of aryl methyl sites for hydroxylation is 1. The van der Waals surface area contributed by atoms with Crippen LogP contribution < -0.4 is 14.8 Å². The van der Waals surface area contributed by atoms with E-state index in [2.05, 4.69) is 10.2 Å². The molecule has 1 heterocycles. The normalized spacial score (nSPS) is 15.4. The third-order valence-electron chi connectivity index (χ3n) is 3.78. The predicted molar refractivity (Wildman–Crippen MR) is 83.9 cm³/mol. The molecule has 6 heteroatoms. The van der Waals surface area contributed by atoms with E-state index < -0.39 is 0 Å². The van der Waals surface area contributed by atoms with Crippen molar-refractivity contribution in [1.82, 2.24) is 10.2 Å². The molecule has 0 atom stereocenters. The van der Waals surface area contributed by atoms with Gasteiger partial charge in [-0.05, 0) is 24.6 Å². The van der Waals surface area contributed by atoms with E-state index in [0.717, 1.165) is 38.4 Å². The van der Waals surface area contributed by atoms with Crippen molar-refractivity contribution in [2.45, 2.75) is 6.92 Å². The number of nitrogens with zero attached hydrogens (tertiary/aromatic N) is 1. The van der Waals surface area contributed by atoms with E-state index in [0.29, 0.717) is 23.6 Å². The van der Waals surface area contributed by atoms with Crippen molar-refractivity contribution in [2.24, 2.45) is 0 Å². The summed E-state index contributed by atoms with van der Waals surface area (Å²) in [7, 11) is 3.15. The van der Waals surface area contributed by atoms with E-state index in [1.807, 2.05) is 13.0 Å². The lowest BCUT2D eigenvalue weighted by Gasteiger charge is -2.26. The first kappa shape index (κ1) is 16.6. The molecule has 0 spiro atoms. The third-order valence-corrected chi connectivity index (χ3v) is 3.78. The molecule has 1 aliphatic heterocycles. The average Bonchev–Trinajstić information content (AvgIpc) is 2.55.